The zero-order chi connectivity index (χ0) is 13.7. The SMILES string of the molecule is COC(=O)c1ccc(CNC(C)C2CCOC2)cc1. The van der Waals surface area contributed by atoms with Crippen molar-refractivity contribution in [3.8, 4) is 0 Å². The molecule has 0 bridgehead atoms. The molecular formula is C15H21NO3. The average molecular weight is 263 g/mol. The van der Waals surface area contributed by atoms with Crippen LogP contribution in [0.5, 0.6) is 0 Å². The van der Waals surface area contributed by atoms with Gasteiger partial charge in [-0.2, -0.15) is 0 Å². The number of methoxy groups -OCH3 is 1. The van der Waals surface area contributed by atoms with Crippen molar-refractivity contribution in [3.05, 3.63) is 35.4 Å². The van der Waals surface area contributed by atoms with Crippen LogP contribution in [0.2, 0.25) is 0 Å². The number of ether oxygens (including phenoxy) is 2. The summed E-state index contributed by atoms with van der Waals surface area (Å²) in [5.74, 6) is 0.310. The van der Waals surface area contributed by atoms with Crippen LogP contribution < -0.4 is 5.32 Å². The molecule has 1 heterocycles. The van der Waals surface area contributed by atoms with Crippen molar-refractivity contribution >= 4 is 5.97 Å². The van der Waals surface area contributed by atoms with Crippen LogP contribution in [0.25, 0.3) is 0 Å². The zero-order valence-electron chi connectivity index (χ0n) is 11.5. The molecule has 2 atom stereocenters. The number of rotatable bonds is 5. The van der Waals surface area contributed by atoms with E-state index in [-0.39, 0.29) is 5.97 Å². The summed E-state index contributed by atoms with van der Waals surface area (Å²) in [6.45, 7) is 4.74. The lowest BCUT2D eigenvalue weighted by Gasteiger charge is -2.19. The van der Waals surface area contributed by atoms with E-state index in [1.165, 1.54) is 12.7 Å². The van der Waals surface area contributed by atoms with Gasteiger partial charge in [0, 0.05) is 19.2 Å². The molecular weight excluding hydrogens is 242 g/mol. The first-order valence-corrected chi connectivity index (χ1v) is 6.69. The highest BCUT2D eigenvalue weighted by molar-refractivity contribution is 5.89. The maximum atomic E-state index is 11.3. The normalized spacial score (nSPS) is 20.2. The molecule has 1 N–H and O–H groups in total. The lowest BCUT2D eigenvalue weighted by atomic mass is 10.0. The second kappa shape index (κ2) is 6.68. The fraction of sp³-hybridized carbons (Fsp3) is 0.533. The Morgan fingerprint density at radius 2 is 2.21 bits per heavy atom. The highest BCUT2D eigenvalue weighted by Gasteiger charge is 2.21. The molecule has 1 fully saturated rings. The molecule has 1 aromatic carbocycles. The molecule has 4 heteroatoms. The van der Waals surface area contributed by atoms with Crippen molar-refractivity contribution in [2.45, 2.75) is 25.9 Å². The lowest BCUT2D eigenvalue weighted by molar-refractivity contribution is 0.0600. The number of benzene rings is 1. The van der Waals surface area contributed by atoms with Gasteiger partial charge in [-0.3, -0.25) is 0 Å². The van der Waals surface area contributed by atoms with Gasteiger partial charge in [0.25, 0.3) is 0 Å². The molecule has 0 aromatic heterocycles. The standard InChI is InChI=1S/C15H21NO3/c1-11(14-7-8-19-10-14)16-9-12-3-5-13(6-4-12)15(17)18-2/h3-6,11,14,16H,7-10H2,1-2H3. The Morgan fingerprint density at radius 1 is 1.47 bits per heavy atom. The van der Waals surface area contributed by atoms with Crippen LogP contribution in [-0.4, -0.2) is 32.3 Å². The van der Waals surface area contributed by atoms with E-state index in [4.69, 9.17) is 4.74 Å². The minimum absolute atomic E-state index is 0.295. The van der Waals surface area contributed by atoms with Gasteiger partial charge >= 0.3 is 5.97 Å². The summed E-state index contributed by atoms with van der Waals surface area (Å²) >= 11 is 0. The van der Waals surface area contributed by atoms with Gasteiger partial charge in [-0.15, -0.1) is 0 Å². The molecule has 1 aliphatic heterocycles. The molecule has 2 unspecified atom stereocenters. The second-order valence-corrected chi connectivity index (χ2v) is 4.98. The zero-order valence-corrected chi connectivity index (χ0v) is 11.5. The molecule has 104 valence electrons. The van der Waals surface area contributed by atoms with Gasteiger partial charge in [-0.25, -0.2) is 4.79 Å². The van der Waals surface area contributed by atoms with Crippen molar-refractivity contribution in [1.29, 1.82) is 0 Å². The van der Waals surface area contributed by atoms with Gasteiger partial charge in [0.15, 0.2) is 0 Å². The predicted molar refractivity (Wildman–Crippen MR) is 73.0 cm³/mol. The number of carbonyl (C=O) groups excluding carboxylic acids is 1. The molecule has 0 amide bonds. The Labute approximate surface area is 114 Å². The summed E-state index contributed by atoms with van der Waals surface area (Å²) < 4.78 is 10.1. The first-order chi connectivity index (χ1) is 9.20. The smallest absolute Gasteiger partial charge is 0.337 e. The highest BCUT2D eigenvalue weighted by Crippen LogP contribution is 2.16. The number of hydrogen-bond acceptors (Lipinski definition) is 4. The van der Waals surface area contributed by atoms with Crippen molar-refractivity contribution in [2.24, 2.45) is 5.92 Å². The summed E-state index contributed by atoms with van der Waals surface area (Å²) in [6, 6.07) is 7.95. The molecule has 1 aromatic rings. The van der Waals surface area contributed by atoms with E-state index in [0.29, 0.717) is 17.5 Å². The van der Waals surface area contributed by atoms with Crippen LogP contribution >= 0.6 is 0 Å². The molecule has 1 aliphatic rings. The van der Waals surface area contributed by atoms with E-state index in [0.717, 1.165) is 26.2 Å². The third-order valence-electron chi connectivity index (χ3n) is 3.68. The Hall–Kier alpha value is -1.39. The molecule has 2 rings (SSSR count). The molecule has 1 saturated heterocycles. The van der Waals surface area contributed by atoms with Crippen LogP contribution in [0, 0.1) is 5.92 Å². The van der Waals surface area contributed by atoms with Crippen molar-refractivity contribution in [1.82, 2.24) is 5.32 Å². The third kappa shape index (κ3) is 3.78. The summed E-state index contributed by atoms with van der Waals surface area (Å²) in [5, 5.41) is 3.51. The quantitative estimate of drug-likeness (QED) is 0.825. The maximum absolute atomic E-state index is 11.3. The Balaban J connectivity index is 1.84. The van der Waals surface area contributed by atoms with E-state index in [1.807, 2.05) is 12.1 Å². The van der Waals surface area contributed by atoms with E-state index >= 15 is 0 Å². The van der Waals surface area contributed by atoms with E-state index in [9.17, 15) is 4.79 Å². The first kappa shape index (κ1) is 14.0. The number of hydrogen-bond donors (Lipinski definition) is 1. The molecule has 0 spiro atoms. The van der Waals surface area contributed by atoms with Gasteiger partial charge in [-0.05, 0) is 37.0 Å². The highest BCUT2D eigenvalue weighted by atomic mass is 16.5. The summed E-state index contributed by atoms with van der Waals surface area (Å²) in [5.41, 5.74) is 1.75. The largest absolute Gasteiger partial charge is 0.465 e. The van der Waals surface area contributed by atoms with Gasteiger partial charge in [0.1, 0.15) is 0 Å². The molecule has 0 aliphatic carbocycles. The van der Waals surface area contributed by atoms with Crippen LogP contribution in [0.4, 0.5) is 0 Å². The van der Waals surface area contributed by atoms with Crippen LogP contribution in [0.3, 0.4) is 0 Å². The molecule has 19 heavy (non-hydrogen) atoms. The van der Waals surface area contributed by atoms with Gasteiger partial charge in [-0.1, -0.05) is 12.1 Å². The Kier molecular flexibility index (Phi) is 4.93. The Morgan fingerprint density at radius 3 is 2.79 bits per heavy atom. The van der Waals surface area contributed by atoms with Crippen molar-refractivity contribution in [2.75, 3.05) is 20.3 Å². The number of nitrogens with one attached hydrogen (secondary N) is 1. The first-order valence-electron chi connectivity index (χ1n) is 6.69. The molecule has 0 radical (unpaired) electrons. The number of carbonyl (C=O) groups is 1. The fourth-order valence-electron chi connectivity index (χ4n) is 2.27. The summed E-state index contributed by atoms with van der Waals surface area (Å²) in [6.07, 6.45) is 1.13. The van der Waals surface area contributed by atoms with E-state index in [2.05, 4.69) is 17.0 Å². The third-order valence-corrected chi connectivity index (χ3v) is 3.68. The number of esters is 1. The maximum Gasteiger partial charge on any atom is 0.337 e. The second-order valence-electron chi connectivity index (χ2n) is 4.98. The van der Waals surface area contributed by atoms with Crippen LogP contribution in [0.15, 0.2) is 24.3 Å². The van der Waals surface area contributed by atoms with Gasteiger partial charge in [0.2, 0.25) is 0 Å². The average Bonchev–Trinajstić information content (AvgIpc) is 2.98. The summed E-state index contributed by atoms with van der Waals surface area (Å²) in [7, 11) is 1.39. The lowest BCUT2D eigenvalue weighted by Crippen LogP contribution is -2.33. The topological polar surface area (TPSA) is 47.6 Å². The van der Waals surface area contributed by atoms with Gasteiger partial charge in [0.05, 0.1) is 19.3 Å². The van der Waals surface area contributed by atoms with Crippen molar-refractivity contribution in [3.63, 3.8) is 0 Å². The van der Waals surface area contributed by atoms with Crippen LogP contribution in [-0.2, 0) is 16.0 Å². The van der Waals surface area contributed by atoms with E-state index in [1.54, 1.807) is 12.1 Å². The van der Waals surface area contributed by atoms with Crippen LogP contribution in [0.1, 0.15) is 29.3 Å². The fourth-order valence-corrected chi connectivity index (χ4v) is 2.27. The van der Waals surface area contributed by atoms with Crippen molar-refractivity contribution < 1.29 is 14.3 Å². The Bertz CT molecular complexity index is 410. The van der Waals surface area contributed by atoms with Gasteiger partial charge < -0.3 is 14.8 Å². The predicted octanol–water partition coefficient (Wildman–Crippen LogP) is 1.99. The summed E-state index contributed by atoms with van der Waals surface area (Å²) in [4.78, 5) is 11.3. The monoisotopic (exact) mass is 263 g/mol. The minimum Gasteiger partial charge on any atom is -0.465 e. The molecule has 0 saturated carbocycles. The minimum atomic E-state index is -0.295. The van der Waals surface area contributed by atoms with E-state index < -0.39 is 0 Å². The molecule has 4 nitrogen and oxygen atoms in total.